The number of amides is 1. The van der Waals surface area contributed by atoms with Crippen molar-refractivity contribution >= 4 is 11.6 Å². The van der Waals surface area contributed by atoms with Crippen molar-refractivity contribution < 1.29 is 9.90 Å². The summed E-state index contributed by atoms with van der Waals surface area (Å²) in [4.78, 5) is 14.6. The zero-order chi connectivity index (χ0) is 10.4. The molecule has 0 spiro atoms. The van der Waals surface area contributed by atoms with Crippen LogP contribution < -0.4 is 11.1 Å². The van der Waals surface area contributed by atoms with Gasteiger partial charge in [0.05, 0.1) is 0 Å². The maximum Gasteiger partial charge on any atom is 0.267 e. The van der Waals surface area contributed by atoms with Crippen LogP contribution in [0.2, 0.25) is 0 Å². The second-order valence-electron chi connectivity index (χ2n) is 2.80. The molecule has 0 fully saturated rings. The summed E-state index contributed by atoms with van der Waals surface area (Å²) in [7, 11) is 0. The zero-order valence-electron chi connectivity index (χ0n) is 7.73. The van der Waals surface area contributed by atoms with Gasteiger partial charge in [0, 0.05) is 25.0 Å². The molecule has 76 valence electrons. The SMILES string of the molecule is NC(=O)c1cc(NCCCO)ccn1. The Hall–Kier alpha value is -1.62. The minimum Gasteiger partial charge on any atom is -0.396 e. The third-order valence-corrected chi connectivity index (χ3v) is 1.68. The number of anilines is 1. The smallest absolute Gasteiger partial charge is 0.267 e. The number of pyridine rings is 1. The number of hydrogen-bond acceptors (Lipinski definition) is 4. The van der Waals surface area contributed by atoms with Crippen molar-refractivity contribution in [3.8, 4) is 0 Å². The van der Waals surface area contributed by atoms with Crippen LogP contribution in [0, 0.1) is 0 Å². The number of aromatic nitrogens is 1. The molecule has 0 bridgehead atoms. The van der Waals surface area contributed by atoms with Crippen LogP contribution in [0.1, 0.15) is 16.9 Å². The first kappa shape index (κ1) is 10.5. The maximum atomic E-state index is 10.8. The van der Waals surface area contributed by atoms with Crippen LogP contribution in [0.15, 0.2) is 18.3 Å². The Balaban J connectivity index is 2.59. The average molecular weight is 195 g/mol. The fourth-order valence-electron chi connectivity index (χ4n) is 0.987. The predicted octanol–water partition coefficient (Wildman–Crippen LogP) is -0.0252. The number of aliphatic hydroxyl groups excluding tert-OH is 1. The molecule has 0 radical (unpaired) electrons. The number of nitrogens with one attached hydrogen (secondary N) is 1. The molecule has 0 unspecified atom stereocenters. The van der Waals surface area contributed by atoms with Gasteiger partial charge in [0.1, 0.15) is 5.69 Å². The van der Waals surface area contributed by atoms with E-state index in [1.54, 1.807) is 12.1 Å². The molecule has 0 saturated carbocycles. The van der Waals surface area contributed by atoms with Crippen LogP contribution in [-0.4, -0.2) is 29.1 Å². The van der Waals surface area contributed by atoms with E-state index in [-0.39, 0.29) is 12.3 Å². The number of nitrogens with zero attached hydrogens (tertiary/aromatic N) is 1. The molecule has 1 aromatic heterocycles. The largest absolute Gasteiger partial charge is 0.396 e. The van der Waals surface area contributed by atoms with Gasteiger partial charge in [-0.15, -0.1) is 0 Å². The highest BCUT2D eigenvalue weighted by Crippen LogP contribution is 2.06. The Morgan fingerprint density at radius 1 is 1.64 bits per heavy atom. The average Bonchev–Trinajstić information content (AvgIpc) is 2.19. The van der Waals surface area contributed by atoms with Gasteiger partial charge < -0.3 is 16.2 Å². The third-order valence-electron chi connectivity index (χ3n) is 1.68. The van der Waals surface area contributed by atoms with E-state index in [2.05, 4.69) is 10.3 Å². The zero-order valence-corrected chi connectivity index (χ0v) is 7.73. The van der Waals surface area contributed by atoms with Gasteiger partial charge in [-0.25, -0.2) is 0 Å². The number of carbonyl (C=O) groups is 1. The summed E-state index contributed by atoms with van der Waals surface area (Å²) in [5, 5.41) is 11.6. The first-order valence-corrected chi connectivity index (χ1v) is 4.34. The molecule has 0 atom stereocenters. The summed E-state index contributed by atoms with van der Waals surface area (Å²) in [5.74, 6) is -0.546. The predicted molar refractivity (Wildman–Crippen MR) is 52.9 cm³/mol. The van der Waals surface area contributed by atoms with Gasteiger partial charge in [0.15, 0.2) is 0 Å². The van der Waals surface area contributed by atoms with Crippen molar-refractivity contribution in [3.63, 3.8) is 0 Å². The lowest BCUT2D eigenvalue weighted by atomic mass is 10.3. The number of hydrogen-bond donors (Lipinski definition) is 3. The van der Waals surface area contributed by atoms with Crippen molar-refractivity contribution in [1.29, 1.82) is 0 Å². The van der Waals surface area contributed by atoms with E-state index in [4.69, 9.17) is 10.8 Å². The van der Waals surface area contributed by atoms with Crippen molar-refractivity contribution in [3.05, 3.63) is 24.0 Å². The highest BCUT2D eigenvalue weighted by atomic mass is 16.3. The van der Waals surface area contributed by atoms with Crippen molar-refractivity contribution in [2.24, 2.45) is 5.73 Å². The van der Waals surface area contributed by atoms with Gasteiger partial charge >= 0.3 is 0 Å². The number of aliphatic hydroxyl groups is 1. The van der Waals surface area contributed by atoms with Crippen LogP contribution in [0.3, 0.4) is 0 Å². The molecule has 5 nitrogen and oxygen atoms in total. The fraction of sp³-hybridized carbons (Fsp3) is 0.333. The number of primary amides is 1. The summed E-state index contributed by atoms with van der Waals surface area (Å²) < 4.78 is 0. The Kier molecular flexibility index (Phi) is 3.87. The lowest BCUT2D eigenvalue weighted by molar-refractivity contribution is 0.0995. The lowest BCUT2D eigenvalue weighted by Crippen LogP contribution is -2.13. The van der Waals surface area contributed by atoms with Crippen LogP contribution >= 0.6 is 0 Å². The van der Waals surface area contributed by atoms with E-state index in [9.17, 15) is 4.79 Å². The second-order valence-corrected chi connectivity index (χ2v) is 2.80. The first-order chi connectivity index (χ1) is 6.74. The molecule has 1 aromatic rings. The monoisotopic (exact) mass is 195 g/mol. The van der Waals surface area contributed by atoms with Gasteiger partial charge in [-0.3, -0.25) is 9.78 Å². The number of rotatable bonds is 5. The van der Waals surface area contributed by atoms with E-state index in [1.165, 1.54) is 6.20 Å². The van der Waals surface area contributed by atoms with Gasteiger partial charge in [0.2, 0.25) is 0 Å². The fourth-order valence-corrected chi connectivity index (χ4v) is 0.987. The van der Waals surface area contributed by atoms with E-state index >= 15 is 0 Å². The standard InChI is InChI=1S/C9H13N3O2/c10-9(14)8-6-7(2-4-12-8)11-3-1-5-13/h2,4,6,13H,1,3,5H2,(H2,10,14)(H,11,12). The minimum atomic E-state index is -0.546. The van der Waals surface area contributed by atoms with E-state index in [1.807, 2.05) is 0 Å². The molecule has 4 N–H and O–H groups in total. The molecule has 1 heterocycles. The molecule has 5 heteroatoms. The normalized spacial score (nSPS) is 9.79. The summed E-state index contributed by atoms with van der Waals surface area (Å²) in [6, 6.07) is 3.32. The Morgan fingerprint density at radius 2 is 2.43 bits per heavy atom. The number of nitrogens with two attached hydrogens (primary N) is 1. The third kappa shape index (κ3) is 3.02. The van der Waals surface area contributed by atoms with Crippen LogP contribution in [0.25, 0.3) is 0 Å². The minimum absolute atomic E-state index is 0.140. The van der Waals surface area contributed by atoms with E-state index in [0.717, 1.165) is 5.69 Å². The van der Waals surface area contributed by atoms with Crippen LogP contribution in [-0.2, 0) is 0 Å². The highest BCUT2D eigenvalue weighted by Gasteiger charge is 2.01. The molecular formula is C9H13N3O2. The van der Waals surface area contributed by atoms with Crippen LogP contribution in [0.5, 0.6) is 0 Å². The summed E-state index contributed by atoms with van der Waals surface area (Å²) >= 11 is 0. The van der Waals surface area contributed by atoms with Gasteiger partial charge in [0.25, 0.3) is 5.91 Å². The van der Waals surface area contributed by atoms with Crippen LogP contribution in [0.4, 0.5) is 5.69 Å². The topological polar surface area (TPSA) is 88.2 Å². The van der Waals surface area contributed by atoms with Crippen molar-refractivity contribution in [2.45, 2.75) is 6.42 Å². The Morgan fingerprint density at radius 3 is 3.07 bits per heavy atom. The molecule has 0 aliphatic carbocycles. The summed E-state index contributed by atoms with van der Waals surface area (Å²) in [5.41, 5.74) is 6.08. The van der Waals surface area contributed by atoms with Gasteiger partial charge in [-0.05, 0) is 18.6 Å². The molecule has 0 saturated heterocycles. The first-order valence-electron chi connectivity index (χ1n) is 4.34. The molecule has 1 rings (SSSR count). The van der Waals surface area contributed by atoms with Crippen molar-refractivity contribution in [2.75, 3.05) is 18.5 Å². The molecule has 0 aliphatic rings. The second kappa shape index (κ2) is 5.18. The molecule has 1 amide bonds. The van der Waals surface area contributed by atoms with Gasteiger partial charge in [-0.1, -0.05) is 0 Å². The molecule has 0 aliphatic heterocycles. The van der Waals surface area contributed by atoms with Gasteiger partial charge in [-0.2, -0.15) is 0 Å². The summed E-state index contributed by atoms with van der Waals surface area (Å²) in [6.45, 7) is 0.791. The summed E-state index contributed by atoms with van der Waals surface area (Å²) in [6.07, 6.45) is 2.18. The maximum absolute atomic E-state index is 10.8. The number of carbonyl (C=O) groups excluding carboxylic acids is 1. The van der Waals surface area contributed by atoms with Crippen molar-refractivity contribution in [1.82, 2.24) is 4.98 Å². The Labute approximate surface area is 82.0 Å². The Bertz CT molecular complexity index is 315. The quantitative estimate of drug-likeness (QED) is 0.576. The molecule has 0 aromatic carbocycles. The van der Waals surface area contributed by atoms with E-state index in [0.29, 0.717) is 13.0 Å². The lowest BCUT2D eigenvalue weighted by Gasteiger charge is -2.05. The van der Waals surface area contributed by atoms with E-state index < -0.39 is 5.91 Å². The molecule has 14 heavy (non-hydrogen) atoms. The molecular weight excluding hydrogens is 182 g/mol. The highest BCUT2D eigenvalue weighted by molar-refractivity contribution is 5.91.